The number of amides is 1. The molecule has 2 rings (SSSR count). The number of carbonyl (C=O) groups is 1. The lowest BCUT2D eigenvalue weighted by molar-refractivity contribution is -0.128. The van der Waals surface area contributed by atoms with Crippen molar-refractivity contribution in [2.45, 2.75) is 19.8 Å². The number of hydrogen-bond donors (Lipinski definition) is 0. The van der Waals surface area contributed by atoms with Gasteiger partial charge in [-0.25, -0.2) is 0 Å². The highest BCUT2D eigenvalue weighted by molar-refractivity contribution is 5.87. The molecule has 1 unspecified atom stereocenters. The van der Waals surface area contributed by atoms with Gasteiger partial charge in [0.1, 0.15) is 5.75 Å². The van der Waals surface area contributed by atoms with Crippen LogP contribution in [0.2, 0.25) is 0 Å². The van der Waals surface area contributed by atoms with Gasteiger partial charge in [0.25, 0.3) is 0 Å². The summed E-state index contributed by atoms with van der Waals surface area (Å²) >= 11 is 0. The first kappa shape index (κ1) is 11.7. The van der Waals surface area contributed by atoms with Crippen LogP contribution in [0.25, 0.3) is 6.08 Å². The van der Waals surface area contributed by atoms with E-state index in [1.54, 1.807) is 18.1 Å². The monoisotopic (exact) mass is 231 g/mol. The van der Waals surface area contributed by atoms with Crippen molar-refractivity contribution in [3.05, 3.63) is 35.5 Å². The molecule has 0 fully saturated rings. The number of rotatable bonds is 2. The van der Waals surface area contributed by atoms with Crippen LogP contribution in [0.1, 0.15) is 30.9 Å². The van der Waals surface area contributed by atoms with Crippen LogP contribution in [-0.4, -0.2) is 24.5 Å². The Labute approximate surface area is 102 Å². The first-order valence-corrected chi connectivity index (χ1v) is 5.85. The number of likely N-dealkylation sites (N-methyl/N-ethyl adjacent to an activating group) is 1. The maximum atomic E-state index is 12.0. The van der Waals surface area contributed by atoms with E-state index in [2.05, 4.69) is 0 Å². The van der Waals surface area contributed by atoms with Crippen LogP contribution in [0, 0.1) is 0 Å². The fourth-order valence-electron chi connectivity index (χ4n) is 2.05. The molecule has 0 spiro atoms. The van der Waals surface area contributed by atoms with Crippen molar-refractivity contribution in [3.63, 3.8) is 0 Å². The van der Waals surface area contributed by atoms with E-state index in [-0.39, 0.29) is 11.8 Å². The maximum absolute atomic E-state index is 12.0. The van der Waals surface area contributed by atoms with Crippen LogP contribution >= 0.6 is 0 Å². The van der Waals surface area contributed by atoms with E-state index in [1.165, 1.54) is 0 Å². The zero-order valence-electron chi connectivity index (χ0n) is 10.4. The largest absolute Gasteiger partial charge is 0.494 e. The molecule has 17 heavy (non-hydrogen) atoms. The van der Waals surface area contributed by atoms with Gasteiger partial charge in [-0.05, 0) is 43.2 Å². The van der Waals surface area contributed by atoms with Gasteiger partial charge in [0.2, 0.25) is 5.91 Å². The molecule has 0 N–H and O–H groups in total. The molecule has 3 heteroatoms. The van der Waals surface area contributed by atoms with Gasteiger partial charge in [0.15, 0.2) is 0 Å². The minimum Gasteiger partial charge on any atom is -0.494 e. The second-order valence-corrected chi connectivity index (χ2v) is 4.21. The van der Waals surface area contributed by atoms with Crippen molar-refractivity contribution in [3.8, 4) is 5.75 Å². The number of carbonyl (C=O) groups excluding carboxylic acids is 1. The summed E-state index contributed by atoms with van der Waals surface area (Å²) in [6.45, 7) is 4.54. The average Bonchev–Trinajstić information content (AvgIpc) is 2.43. The number of hydrogen-bond acceptors (Lipinski definition) is 2. The van der Waals surface area contributed by atoms with Crippen molar-refractivity contribution in [2.24, 2.45) is 0 Å². The molecule has 0 radical (unpaired) electrons. The third-order valence-electron chi connectivity index (χ3n) is 3.03. The smallest absolute Gasteiger partial charge is 0.233 e. The number of fused-ring (bicyclic) bond motifs is 1. The van der Waals surface area contributed by atoms with Gasteiger partial charge in [0, 0.05) is 13.2 Å². The summed E-state index contributed by atoms with van der Waals surface area (Å²) in [5.41, 5.74) is 2.11. The second kappa shape index (κ2) is 4.62. The molecule has 1 aromatic rings. The molecule has 1 amide bonds. The first-order valence-electron chi connectivity index (χ1n) is 5.85. The quantitative estimate of drug-likeness (QED) is 0.783. The molecule has 1 atom stereocenters. The molecule has 90 valence electrons. The minimum atomic E-state index is -0.110. The molecule has 0 aliphatic carbocycles. The van der Waals surface area contributed by atoms with Gasteiger partial charge < -0.3 is 9.64 Å². The minimum absolute atomic E-state index is 0.110. The summed E-state index contributed by atoms with van der Waals surface area (Å²) in [4.78, 5) is 13.6. The zero-order chi connectivity index (χ0) is 12.4. The van der Waals surface area contributed by atoms with Gasteiger partial charge in [-0.1, -0.05) is 6.07 Å². The Morgan fingerprint density at radius 3 is 2.88 bits per heavy atom. The number of benzene rings is 1. The van der Waals surface area contributed by atoms with Crippen LogP contribution in [0.15, 0.2) is 24.4 Å². The molecule has 3 nitrogen and oxygen atoms in total. The summed E-state index contributed by atoms with van der Waals surface area (Å²) in [5.74, 6) is 0.852. The van der Waals surface area contributed by atoms with E-state index in [4.69, 9.17) is 4.74 Å². The molecule has 0 aromatic heterocycles. The number of ether oxygens (including phenoxy) is 1. The highest BCUT2D eigenvalue weighted by Crippen LogP contribution is 2.29. The summed E-state index contributed by atoms with van der Waals surface area (Å²) in [7, 11) is 1.78. The Morgan fingerprint density at radius 1 is 1.41 bits per heavy atom. The summed E-state index contributed by atoms with van der Waals surface area (Å²) in [6.07, 6.45) is 3.76. The molecule has 1 aliphatic heterocycles. The van der Waals surface area contributed by atoms with Crippen molar-refractivity contribution >= 4 is 12.0 Å². The van der Waals surface area contributed by atoms with E-state index in [9.17, 15) is 4.79 Å². The molecular weight excluding hydrogens is 214 g/mol. The van der Waals surface area contributed by atoms with Gasteiger partial charge in [0.05, 0.1) is 12.5 Å². The molecule has 0 saturated heterocycles. The van der Waals surface area contributed by atoms with Crippen LogP contribution in [0.5, 0.6) is 5.75 Å². The molecule has 0 saturated carbocycles. The Morgan fingerprint density at radius 2 is 2.18 bits per heavy atom. The summed E-state index contributed by atoms with van der Waals surface area (Å²) in [5, 5.41) is 0. The topological polar surface area (TPSA) is 29.5 Å². The van der Waals surface area contributed by atoms with E-state index in [1.807, 2.05) is 38.1 Å². The third-order valence-corrected chi connectivity index (χ3v) is 3.03. The lowest BCUT2D eigenvalue weighted by atomic mass is 9.95. The van der Waals surface area contributed by atoms with Gasteiger partial charge >= 0.3 is 0 Å². The van der Waals surface area contributed by atoms with Crippen LogP contribution < -0.4 is 4.74 Å². The van der Waals surface area contributed by atoms with Crippen molar-refractivity contribution < 1.29 is 9.53 Å². The second-order valence-electron chi connectivity index (χ2n) is 4.21. The van der Waals surface area contributed by atoms with Crippen LogP contribution in [0.3, 0.4) is 0 Å². The Bertz CT molecular complexity index is 465. The van der Waals surface area contributed by atoms with Gasteiger partial charge in [-0.2, -0.15) is 0 Å². The Hall–Kier alpha value is -1.77. The Kier molecular flexibility index (Phi) is 3.18. The summed E-state index contributed by atoms with van der Waals surface area (Å²) < 4.78 is 5.47. The van der Waals surface area contributed by atoms with Crippen LogP contribution in [-0.2, 0) is 4.79 Å². The average molecular weight is 231 g/mol. The molecular formula is C14H17NO2. The number of nitrogens with zero attached hydrogens (tertiary/aromatic N) is 1. The standard InChI is InChI=1S/C14H17NO2/c1-4-17-12-5-6-13-10(2)14(16)15(3)8-7-11(13)9-12/h5-10H,4H2,1-3H3. The lowest BCUT2D eigenvalue weighted by Crippen LogP contribution is -2.24. The molecule has 1 aromatic carbocycles. The van der Waals surface area contributed by atoms with E-state index < -0.39 is 0 Å². The third kappa shape index (κ3) is 2.18. The molecule has 1 aliphatic rings. The lowest BCUT2D eigenvalue weighted by Gasteiger charge is -2.16. The predicted molar refractivity (Wildman–Crippen MR) is 67.8 cm³/mol. The van der Waals surface area contributed by atoms with Crippen LogP contribution in [0.4, 0.5) is 0 Å². The van der Waals surface area contributed by atoms with E-state index in [0.29, 0.717) is 6.61 Å². The normalized spacial score (nSPS) is 18.9. The SMILES string of the molecule is CCOc1ccc2c(c1)C=CN(C)C(=O)C2C. The van der Waals surface area contributed by atoms with Crippen molar-refractivity contribution in [1.82, 2.24) is 4.90 Å². The predicted octanol–water partition coefficient (Wildman–Crippen LogP) is 2.63. The van der Waals surface area contributed by atoms with Gasteiger partial charge in [-0.3, -0.25) is 4.79 Å². The summed E-state index contributed by atoms with van der Waals surface area (Å²) in [6, 6.07) is 5.88. The highest BCUT2D eigenvalue weighted by Gasteiger charge is 2.22. The van der Waals surface area contributed by atoms with E-state index in [0.717, 1.165) is 16.9 Å². The van der Waals surface area contributed by atoms with Crippen molar-refractivity contribution in [2.75, 3.05) is 13.7 Å². The molecule has 0 bridgehead atoms. The zero-order valence-corrected chi connectivity index (χ0v) is 10.4. The fraction of sp³-hybridized carbons (Fsp3) is 0.357. The van der Waals surface area contributed by atoms with Gasteiger partial charge in [-0.15, -0.1) is 0 Å². The van der Waals surface area contributed by atoms with E-state index >= 15 is 0 Å². The first-order chi connectivity index (χ1) is 8.13. The van der Waals surface area contributed by atoms with Crippen molar-refractivity contribution in [1.29, 1.82) is 0 Å². The maximum Gasteiger partial charge on any atom is 0.233 e. The fourth-order valence-corrected chi connectivity index (χ4v) is 2.05. The molecule has 1 heterocycles. The highest BCUT2D eigenvalue weighted by atomic mass is 16.5. The Balaban J connectivity index is 2.44.